The topological polar surface area (TPSA) is 29.3 Å². The zero-order valence-electron chi connectivity index (χ0n) is 9.61. The molecule has 1 saturated heterocycles. The van der Waals surface area contributed by atoms with Crippen LogP contribution in [-0.4, -0.2) is 12.6 Å². The Bertz CT molecular complexity index is 335. The molecule has 1 fully saturated rings. The van der Waals surface area contributed by atoms with E-state index in [0.717, 1.165) is 18.2 Å². The number of hydrogen-bond donors (Lipinski definition) is 1. The van der Waals surface area contributed by atoms with Crippen molar-refractivity contribution in [2.24, 2.45) is 5.92 Å². The molecule has 0 aliphatic carbocycles. The molecule has 15 heavy (non-hydrogen) atoms. The smallest absolute Gasteiger partial charge is 0.0389 e. The first-order chi connectivity index (χ1) is 7.18. The zero-order valence-corrected chi connectivity index (χ0v) is 9.61. The van der Waals surface area contributed by atoms with Crippen LogP contribution in [0.2, 0.25) is 0 Å². The van der Waals surface area contributed by atoms with Gasteiger partial charge in [-0.3, -0.25) is 0 Å². The molecule has 1 aromatic rings. The number of piperidine rings is 1. The summed E-state index contributed by atoms with van der Waals surface area (Å²) in [5.74, 6) is 0.778. The number of hydrogen-bond acceptors (Lipinski definition) is 2. The highest BCUT2D eigenvalue weighted by Crippen LogP contribution is 2.29. The van der Waals surface area contributed by atoms with Gasteiger partial charge in [0.25, 0.3) is 0 Å². The molecule has 0 saturated carbocycles. The largest absolute Gasteiger partial charge is 0.399 e. The van der Waals surface area contributed by atoms with Gasteiger partial charge >= 0.3 is 0 Å². The van der Waals surface area contributed by atoms with E-state index in [1.807, 2.05) is 12.1 Å². The number of nitrogen functional groups attached to an aromatic ring is 1. The molecule has 2 atom stereocenters. The highest BCUT2D eigenvalue weighted by Gasteiger charge is 2.24. The first-order valence-corrected chi connectivity index (χ1v) is 5.80. The Balaban J connectivity index is 2.22. The van der Waals surface area contributed by atoms with Gasteiger partial charge < -0.3 is 10.6 Å². The van der Waals surface area contributed by atoms with Crippen molar-refractivity contribution < 1.29 is 0 Å². The molecule has 2 N–H and O–H groups in total. The van der Waals surface area contributed by atoms with Crippen LogP contribution < -0.4 is 10.6 Å². The van der Waals surface area contributed by atoms with Crippen LogP contribution in [0.4, 0.5) is 11.4 Å². The van der Waals surface area contributed by atoms with Crippen LogP contribution in [0.3, 0.4) is 0 Å². The molecule has 2 nitrogen and oxygen atoms in total. The van der Waals surface area contributed by atoms with Crippen molar-refractivity contribution in [2.45, 2.75) is 32.7 Å². The standard InChI is InChI=1S/C13H20N2/c1-10-5-4-8-15(11(10)2)13-7-3-6-12(14)9-13/h3,6-7,9-11H,4-5,8,14H2,1-2H3. The van der Waals surface area contributed by atoms with Gasteiger partial charge in [0.2, 0.25) is 0 Å². The second-order valence-electron chi connectivity index (χ2n) is 4.65. The maximum absolute atomic E-state index is 5.82. The minimum Gasteiger partial charge on any atom is -0.399 e. The second-order valence-corrected chi connectivity index (χ2v) is 4.65. The third-order valence-corrected chi connectivity index (χ3v) is 3.58. The van der Waals surface area contributed by atoms with Gasteiger partial charge in [-0.1, -0.05) is 13.0 Å². The molecule has 2 rings (SSSR count). The van der Waals surface area contributed by atoms with Crippen LogP contribution in [0.25, 0.3) is 0 Å². The summed E-state index contributed by atoms with van der Waals surface area (Å²) in [5, 5.41) is 0. The summed E-state index contributed by atoms with van der Waals surface area (Å²) >= 11 is 0. The second kappa shape index (κ2) is 4.13. The van der Waals surface area contributed by atoms with Crippen LogP contribution in [0.1, 0.15) is 26.7 Å². The molecule has 0 amide bonds. The predicted octanol–water partition coefficient (Wildman–Crippen LogP) is 2.89. The zero-order chi connectivity index (χ0) is 10.8. The molecule has 1 heterocycles. The SMILES string of the molecule is CC1CCCN(c2cccc(N)c2)C1C. The fraction of sp³-hybridized carbons (Fsp3) is 0.538. The maximum atomic E-state index is 5.82. The maximum Gasteiger partial charge on any atom is 0.0389 e. The van der Waals surface area contributed by atoms with Gasteiger partial charge in [0.05, 0.1) is 0 Å². The Labute approximate surface area is 92.1 Å². The Morgan fingerprint density at radius 2 is 2.13 bits per heavy atom. The van der Waals surface area contributed by atoms with Gasteiger partial charge in [-0.25, -0.2) is 0 Å². The lowest BCUT2D eigenvalue weighted by atomic mass is 9.91. The van der Waals surface area contributed by atoms with E-state index < -0.39 is 0 Å². The third kappa shape index (κ3) is 2.09. The quantitative estimate of drug-likeness (QED) is 0.713. The van der Waals surface area contributed by atoms with Crippen molar-refractivity contribution in [1.29, 1.82) is 0 Å². The molecule has 0 aromatic heterocycles. The Morgan fingerprint density at radius 1 is 1.33 bits per heavy atom. The molecular formula is C13H20N2. The van der Waals surface area contributed by atoms with Crippen LogP contribution in [0.5, 0.6) is 0 Å². The van der Waals surface area contributed by atoms with E-state index in [1.54, 1.807) is 0 Å². The van der Waals surface area contributed by atoms with E-state index in [-0.39, 0.29) is 0 Å². The fourth-order valence-corrected chi connectivity index (χ4v) is 2.40. The first-order valence-electron chi connectivity index (χ1n) is 5.80. The number of nitrogens with two attached hydrogens (primary N) is 1. The van der Waals surface area contributed by atoms with Crippen molar-refractivity contribution >= 4 is 11.4 Å². The van der Waals surface area contributed by atoms with E-state index >= 15 is 0 Å². The molecule has 2 unspecified atom stereocenters. The Hall–Kier alpha value is -1.18. The average molecular weight is 204 g/mol. The van der Waals surface area contributed by atoms with E-state index in [4.69, 9.17) is 5.73 Å². The van der Waals surface area contributed by atoms with E-state index in [0.29, 0.717) is 6.04 Å². The summed E-state index contributed by atoms with van der Waals surface area (Å²) in [6.07, 6.45) is 2.64. The van der Waals surface area contributed by atoms with Crippen LogP contribution >= 0.6 is 0 Å². The Kier molecular flexibility index (Phi) is 2.85. The summed E-state index contributed by atoms with van der Waals surface area (Å²) in [4.78, 5) is 2.48. The van der Waals surface area contributed by atoms with E-state index in [2.05, 4.69) is 30.9 Å². The highest BCUT2D eigenvalue weighted by atomic mass is 15.2. The van der Waals surface area contributed by atoms with Crippen LogP contribution in [0.15, 0.2) is 24.3 Å². The van der Waals surface area contributed by atoms with E-state index in [1.165, 1.54) is 18.5 Å². The molecule has 1 aliphatic rings. The molecular weight excluding hydrogens is 184 g/mol. The fourth-order valence-electron chi connectivity index (χ4n) is 2.40. The van der Waals surface area contributed by atoms with Crippen molar-refractivity contribution in [3.8, 4) is 0 Å². The van der Waals surface area contributed by atoms with Crippen molar-refractivity contribution in [1.82, 2.24) is 0 Å². The summed E-state index contributed by atoms with van der Waals surface area (Å²) < 4.78 is 0. The molecule has 0 radical (unpaired) electrons. The van der Waals surface area contributed by atoms with Crippen molar-refractivity contribution in [2.75, 3.05) is 17.2 Å². The van der Waals surface area contributed by atoms with Gasteiger partial charge in [-0.2, -0.15) is 0 Å². The van der Waals surface area contributed by atoms with Crippen molar-refractivity contribution in [3.63, 3.8) is 0 Å². The predicted molar refractivity (Wildman–Crippen MR) is 66.1 cm³/mol. The van der Waals surface area contributed by atoms with Crippen LogP contribution in [0, 0.1) is 5.92 Å². The normalized spacial score (nSPS) is 26.7. The highest BCUT2D eigenvalue weighted by molar-refractivity contribution is 5.56. The lowest BCUT2D eigenvalue weighted by molar-refractivity contribution is 0.363. The first kappa shape index (κ1) is 10.3. The molecule has 0 bridgehead atoms. The third-order valence-electron chi connectivity index (χ3n) is 3.58. The average Bonchev–Trinajstić information content (AvgIpc) is 2.22. The molecule has 2 heteroatoms. The van der Waals surface area contributed by atoms with Gasteiger partial charge in [-0.15, -0.1) is 0 Å². The molecule has 82 valence electrons. The van der Waals surface area contributed by atoms with Gasteiger partial charge in [0.15, 0.2) is 0 Å². The van der Waals surface area contributed by atoms with E-state index in [9.17, 15) is 0 Å². The summed E-state index contributed by atoms with van der Waals surface area (Å²) in [6, 6.07) is 8.85. The molecule has 1 aliphatic heterocycles. The number of rotatable bonds is 1. The number of nitrogens with zero attached hydrogens (tertiary/aromatic N) is 1. The minimum atomic E-state index is 0.626. The Morgan fingerprint density at radius 3 is 2.87 bits per heavy atom. The summed E-state index contributed by atoms with van der Waals surface area (Å²) in [6.45, 7) is 5.81. The minimum absolute atomic E-state index is 0.626. The van der Waals surface area contributed by atoms with Gasteiger partial charge in [0, 0.05) is 24.0 Å². The molecule has 0 spiro atoms. The lowest BCUT2D eigenvalue weighted by Crippen LogP contribution is -2.42. The molecule has 1 aromatic carbocycles. The van der Waals surface area contributed by atoms with Crippen molar-refractivity contribution in [3.05, 3.63) is 24.3 Å². The summed E-state index contributed by atoms with van der Waals surface area (Å²) in [7, 11) is 0. The number of anilines is 2. The van der Waals surface area contributed by atoms with Gasteiger partial charge in [-0.05, 0) is 43.9 Å². The lowest BCUT2D eigenvalue weighted by Gasteiger charge is -2.39. The number of benzene rings is 1. The van der Waals surface area contributed by atoms with Gasteiger partial charge in [0.1, 0.15) is 0 Å². The summed E-state index contributed by atoms with van der Waals surface area (Å²) in [5.41, 5.74) is 7.95. The monoisotopic (exact) mass is 204 g/mol. The van der Waals surface area contributed by atoms with Crippen LogP contribution in [-0.2, 0) is 0 Å².